The summed E-state index contributed by atoms with van der Waals surface area (Å²) in [5.41, 5.74) is -0.332. The van der Waals surface area contributed by atoms with Gasteiger partial charge in [0, 0.05) is 12.8 Å². The fraction of sp³-hybridized carbons (Fsp3) is 0.923. The lowest BCUT2D eigenvalue weighted by molar-refractivity contribution is 0.141. The van der Waals surface area contributed by atoms with E-state index >= 15 is 0 Å². The van der Waals surface area contributed by atoms with Gasteiger partial charge in [-0.15, -0.1) is 0 Å². The summed E-state index contributed by atoms with van der Waals surface area (Å²) < 4.78 is 23.4. The maximum atomic E-state index is 11.7. The molecule has 1 heterocycles. The molecule has 0 radical (unpaired) electrons. The van der Waals surface area contributed by atoms with Crippen LogP contribution in [0.25, 0.3) is 0 Å². The van der Waals surface area contributed by atoms with Gasteiger partial charge in [0.15, 0.2) is 0 Å². The van der Waals surface area contributed by atoms with E-state index in [0.29, 0.717) is 6.42 Å². The number of hydrogen-bond acceptors (Lipinski definition) is 4. The van der Waals surface area contributed by atoms with Gasteiger partial charge in [-0.05, 0) is 44.6 Å². The Labute approximate surface area is 110 Å². The molecule has 5 heteroatoms. The molecule has 2 rings (SSSR count). The molecule has 1 saturated heterocycles. The first-order chi connectivity index (χ1) is 8.48. The van der Waals surface area contributed by atoms with E-state index in [1.807, 2.05) is 0 Å². The van der Waals surface area contributed by atoms with Gasteiger partial charge in [-0.25, -0.2) is 8.42 Å². The van der Waals surface area contributed by atoms with E-state index in [9.17, 15) is 13.7 Å². The van der Waals surface area contributed by atoms with Crippen LogP contribution in [0.2, 0.25) is 0 Å². The number of sulfone groups is 1. The van der Waals surface area contributed by atoms with Crippen molar-refractivity contribution in [1.82, 2.24) is 5.32 Å². The van der Waals surface area contributed by atoms with E-state index in [0.717, 1.165) is 45.2 Å². The largest absolute Gasteiger partial charge is 0.315 e. The minimum atomic E-state index is -2.96. The Bertz CT molecular complexity index is 432. The van der Waals surface area contributed by atoms with Crippen molar-refractivity contribution < 1.29 is 8.42 Å². The molecule has 0 aromatic heterocycles. The van der Waals surface area contributed by atoms with Crippen molar-refractivity contribution in [3.63, 3.8) is 0 Å². The Morgan fingerprint density at radius 2 is 2.11 bits per heavy atom. The van der Waals surface area contributed by atoms with E-state index in [2.05, 4.69) is 11.4 Å². The van der Waals surface area contributed by atoms with Gasteiger partial charge in [-0.3, -0.25) is 0 Å². The van der Waals surface area contributed by atoms with Gasteiger partial charge in [-0.2, -0.15) is 5.26 Å². The Balaban J connectivity index is 2.15. The fourth-order valence-corrected chi connectivity index (χ4v) is 4.68. The normalized spacial score (nSPS) is 38.0. The average molecular weight is 270 g/mol. The molecular formula is C13H22N2O2S. The summed E-state index contributed by atoms with van der Waals surface area (Å²) in [5.74, 6) is 0.240. The van der Waals surface area contributed by atoms with Crippen molar-refractivity contribution in [2.75, 3.05) is 19.3 Å². The third kappa shape index (κ3) is 2.70. The molecule has 0 spiro atoms. The first-order valence-electron chi connectivity index (χ1n) is 6.79. The molecule has 2 aliphatic rings. The van der Waals surface area contributed by atoms with Gasteiger partial charge < -0.3 is 5.32 Å². The summed E-state index contributed by atoms with van der Waals surface area (Å²) in [4.78, 5) is 0. The number of piperidine rings is 1. The number of rotatable bonds is 2. The van der Waals surface area contributed by atoms with Crippen LogP contribution in [-0.2, 0) is 9.84 Å². The van der Waals surface area contributed by atoms with Crippen molar-refractivity contribution in [2.45, 2.75) is 43.8 Å². The SMILES string of the molecule is CS(=O)(=O)C1CCCC(C2(C#N)CCCNC2)C1. The number of nitrogens with zero attached hydrogens (tertiary/aromatic N) is 1. The van der Waals surface area contributed by atoms with Crippen molar-refractivity contribution in [2.24, 2.45) is 11.3 Å². The fourth-order valence-electron chi connectivity index (χ4n) is 3.50. The Kier molecular flexibility index (Phi) is 3.98. The van der Waals surface area contributed by atoms with Crippen LogP contribution in [0, 0.1) is 22.7 Å². The zero-order valence-electron chi connectivity index (χ0n) is 11.0. The first kappa shape index (κ1) is 13.8. The summed E-state index contributed by atoms with van der Waals surface area (Å²) in [6.45, 7) is 1.70. The van der Waals surface area contributed by atoms with Gasteiger partial charge in [-0.1, -0.05) is 6.42 Å². The smallest absolute Gasteiger partial charge is 0.150 e. The average Bonchev–Trinajstić information content (AvgIpc) is 2.39. The molecule has 3 atom stereocenters. The van der Waals surface area contributed by atoms with Crippen molar-refractivity contribution in [1.29, 1.82) is 5.26 Å². The Hall–Kier alpha value is -0.600. The minimum absolute atomic E-state index is 0.233. The molecule has 1 saturated carbocycles. The highest BCUT2D eigenvalue weighted by Gasteiger charge is 2.43. The Morgan fingerprint density at radius 3 is 2.67 bits per heavy atom. The van der Waals surface area contributed by atoms with Crippen molar-refractivity contribution >= 4 is 9.84 Å². The summed E-state index contributed by atoms with van der Waals surface area (Å²) in [6, 6.07) is 2.50. The molecule has 1 aliphatic carbocycles. The van der Waals surface area contributed by atoms with E-state index in [4.69, 9.17) is 0 Å². The zero-order chi connectivity index (χ0) is 13.2. The minimum Gasteiger partial charge on any atom is -0.315 e. The molecule has 4 nitrogen and oxygen atoms in total. The summed E-state index contributed by atoms with van der Waals surface area (Å²) in [7, 11) is -2.96. The molecule has 2 fully saturated rings. The van der Waals surface area contributed by atoms with E-state index in [1.54, 1.807) is 0 Å². The lowest BCUT2D eigenvalue weighted by Gasteiger charge is -2.42. The molecule has 18 heavy (non-hydrogen) atoms. The second-order valence-electron chi connectivity index (χ2n) is 5.86. The first-order valence-corrected chi connectivity index (χ1v) is 8.74. The van der Waals surface area contributed by atoms with Gasteiger partial charge >= 0.3 is 0 Å². The summed E-state index contributed by atoms with van der Waals surface area (Å²) in [5, 5.41) is 12.6. The molecule has 1 aliphatic heterocycles. The summed E-state index contributed by atoms with van der Waals surface area (Å²) in [6.07, 6.45) is 6.65. The van der Waals surface area contributed by atoms with Crippen molar-refractivity contribution in [3.8, 4) is 6.07 Å². The molecule has 3 unspecified atom stereocenters. The number of nitrogens with one attached hydrogen (secondary N) is 1. The van der Waals surface area contributed by atoms with Crippen molar-refractivity contribution in [3.05, 3.63) is 0 Å². The maximum Gasteiger partial charge on any atom is 0.150 e. The van der Waals surface area contributed by atoms with E-state index in [-0.39, 0.29) is 16.6 Å². The molecular weight excluding hydrogens is 248 g/mol. The van der Waals surface area contributed by atoms with Crippen LogP contribution in [0.5, 0.6) is 0 Å². The van der Waals surface area contributed by atoms with E-state index < -0.39 is 9.84 Å². The van der Waals surface area contributed by atoms with Crippen LogP contribution in [0.15, 0.2) is 0 Å². The molecule has 0 bridgehead atoms. The van der Waals surface area contributed by atoms with Gasteiger partial charge in [0.25, 0.3) is 0 Å². The van der Waals surface area contributed by atoms with Gasteiger partial charge in [0.2, 0.25) is 0 Å². The highest BCUT2D eigenvalue weighted by Crippen LogP contribution is 2.43. The zero-order valence-corrected chi connectivity index (χ0v) is 11.8. The molecule has 0 amide bonds. The lowest BCUT2D eigenvalue weighted by atomic mass is 9.66. The lowest BCUT2D eigenvalue weighted by Crippen LogP contribution is -2.46. The molecule has 0 aromatic carbocycles. The van der Waals surface area contributed by atoms with E-state index in [1.165, 1.54) is 6.26 Å². The second kappa shape index (κ2) is 5.18. The van der Waals surface area contributed by atoms with Crippen LogP contribution >= 0.6 is 0 Å². The molecule has 1 N–H and O–H groups in total. The monoisotopic (exact) mass is 270 g/mol. The summed E-state index contributed by atoms with van der Waals surface area (Å²) >= 11 is 0. The predicted octanol–water partition coefficient (Wildman–Crippen LogP) is 1.48. The highest BCUT2D eigenvalue weighted by atomic mass is 32.2. The number of hydrogen-bond donors (Lipinski definition) is 1. The van der Waals surface area contributed by atoms with Crippen LogP contribution < -0.4 is 5.32 Å². The third-order valence-electron chi connectivity index (χ3n) is 4.65. The molecule has 0 aromatic rings. The second-order valence-corrected chi connectivity index (χ2v) is 8.19. The Morgan fingerprint density at radius 1 is 1.33 bits per heavy atom. The quantitative estimate of drug-likeness (QED) is 0.825. The number of nitriles is 1. The van der Waals surface area contributed by atoms with Crippen LogP contribution in [0.1, 0.15) is 38.5 Å². The van der Waals surface area contributed by atoms with Crippen LogP contribution in [0.3, 0.4) is 0 Å². The maximum absolute atomic E-state index is 11.7. The third-order valence-corrected chi connectivity index (χ3v) is 6.29. The standard InChI is InChI=1S/C13H22N2O2S/c1-18(16,17)12-5-2-4-11(8-12)13(9-14)6-3-7-15-10-13/h11-12,15H,2-8,10H2,1H3. The van der Waals surface area contributed by atoms with Crippen LogP contribution in [0.4, 0.5) is 0 Å². The van der Waals surface area contributed by atoms with Crippen LogP contribution in [-0.4, -0.2) is 33.0 Å². The van der Waals surface area contributed by atoms with Gasteiger partial charge in [0.05, 0.1) is 16.7 Å². The topological polar surface area (TPSA) is 70.0 Å². The predicted molar refractivity (Wildman–Crippen MR) is 70.7 cm³/mol. The molecule has 102 valence electrons. The van der Waals surface area contributed by atoms with Gasteiger partial charge in [0.1, 0.15) is 9.84 Å². The highest BCUT2D eigenvalue weighted by molar-refractivity contribution is 7.91.